The van der Waals surface area contributed by atoms with Gasteiger partial charge in [-0.05, 0) is 12.1 Å². The number of carbonyl (C=O) groups excluding carboxylic acids is 1. The number of nitrogens with one attached hydrogen (secondary N) is 1. The zero-order valence-electron chi connectivity index (χ0n) is 10.00. The molecule has 0 aliphatic rings. The van der Waals surface area contributed by atoms with Gasteiger partial charge in [0.1, 0.15) is 0 Å². The van der Waals surface area contributed by atoms with Crippen molar-refractivity contribution in [3.8, 4) is 0 Å². The fourth-order valence-corrected chi connectivity index (χ4v) is 1.54. The first-order valence-electron chi connectivity index (χ1n) is 5.57. The topological polar surface area (TPSA) is 54.4 Å². The van der Waals surface area contributed by atoms with E-state index in [1.165, 1.54) is 6.92 Å². The van der Waals surface area contributed by atoms with Crippen LogP contribution in [0.2, 0.25) is 0 Å². The van der Waals surface area contributed by atoms with Crippen LogP contribution in [-0.4, -0.2) is 16.6 Å². The summed E-state index contributed by atoms with van der Waals surface area (Å²) in [6, 6.07) is 13.4. The number of rotatable bonds is 3. The molecule has 4 nitrogen and oxygen atoms in total. The van der Waals surface area contributed by atoms with Gasteiger partial charge in [0.15, 0.2) is 0 Å². The molecule has 0 bridgehead atoms. The zero-order valence-corrected chi connectivity index (χ0v) is 10.00. The summed E-state index contributed by atoms with van der Waals surface area (Å²) in [5.74, 6) is -0.197. The van der Waals surface area contributed by atoms with Gasteiger partial charge in [0, 0.05) is 30.4 Å². The molecule has 0 fully saturated rings. The third kappa shape index (κ3) is 3.01. The Kier molecular flexibility index (Phi) is 3.81. The molecule has 0 aliphatic carbocycles. The summed E-state index contributed by atoms with van der Waals surface area (Å²) >= 11 is 0. The van der Waals surface area contributed by atoms with Gasteiger partial charge in [0.05, 0.1) is 5.71 Å². The van der Waals surface area contributed by atoms with Gasteiger partial charge in [0.25, 0.3) is 0 Å². The summed E-state index contributed by atoms with van der Waals surface area (Å²) in [5, 5.41) is 4.15. The van der Waals surface area contributed by atoms with E-state index in [9.17, 15) is 4.79 Å². The molecular weight excluding hydrogens is 226 g/mol. The van der Waals surface area contributed by atoms with E-state index in [4.69, 9.17) is 0 Å². The number of hydrazone groups is 1. The molecule has 0 unspecified atom stereocenters. The molecule has 4 heteroatoms. The van der Waals surface area contributed by atoms with E-state index in [1.54, 1.807) is 12.4 Å². The second-order valence-electron chi connectivity index (χ2n) is 3.73. The van der Waals surface area contributed by atoms with Crippen molar-refractivity contribution in [1.29, 1.82) is 0 Å². The highest BCUT2D eigenvalue weighted by Crippen LogP contribution is 2.09. The van der Waals surface area contributed by atoms with Gasteiger partial charge >= 0.3 is 0 Å². The number of benzene rings is 1. The van der Waals surface area contributed by atoms with Crippen LogP contribution in [0.5, 0.6) is 0 Å². The first-order valence-corrected chi connectivity index (χ1v) is 5.57. The van der Waals surface area contributed by atoms with Crippen LogP contribution < -0.4 is 5.43 Å². The lowest BCUT2D eigenvalue weighted by Gasteiger charge is -2.06. The molecule has 1 N–H and O–H groups in total. The minimum Gasteiger partial charge on any atom is -0.274 e. The second kappa shape index (κ2) is 5.72. The Morgan fingerprint density at radius 1 is 1.06 bits per heavy atom. The van der Waals surface area contributed by atoms with E-state index >= 15 is 0 Å². The highest BCUT2D eigenvalue weighted by atomic mass is 16.2. The van der Waals surface area contributed by atoms with E-state index < -0.39 is 0 Å². The molecule has 1 aromatic heterocycles. The summed E-state index contributed by atoms with van der Waals surface area (Å²) in [7, 11) is 0. The lowest BCUT2D eigenvalue weighted by Crippen LogP contribution is -2.17. The number of pyridine rings is 1. The molecule has 18 heavy (non-hydrogen) atoms. The maximum absolute atomic E-state index is 11.0. The van der Waals surface area contributed by atoms with Crippen LogP contribution in [0.25, 0.3) is 0 Å². The largest absolute Gasteiger partial charge is 0.274 e. The van der Waals surface area contributed by atoms with Crippen LogP contribution in [-0.2, 0) is 4.79 Å². The predicted molar refractivity (Wildman–Crippen MR) is 70.1 cm³/mol. The number of hydrogen-bond acceptors (Lipinski definition) is 3. The van der Waals surface area contributed by atoms with Gasteiger partial charge in [-0.15, -0.1) is 0 Å². The minimum atomic E-state index is -0.197. The molecule has 90 valence electrons. The highest BCUT2D eigenvalue weighted by Gasteiger charge is 2.06. The van der Waals surface area contributed by atoms with Crippen molar-refractivity contribution in [3.63, 3.8) is 0 Å². The Morgan fingerprint density at radius 2 is 1.67 bits per heavy atom. The van der Waals surface area contributed by atoms with Crippen molar-refractivity contribution in [1.82, 2.24) is 10.4 Å². The van der Waals surface area contributed by atoms with Crippen LogP contribution in [0.15, 0.2) is 60.0 Å². The molecular formula is C14H13N3O. The molecule has 2 aromatic rings. The van der Waals surface area contributed by atoms with E-state index in [2.05, 4.69) is 15.5 Å². The lowest BCUT2D eigenvalue weighted by atomic mass is 10.0. The van der Waals surface area contributed by atoms with Crippen LogP contribution in [0.3, 0.4) is 0 Å². The predicted octanol–water partition coefficient (Wildman–Crippen LogP) is 1.97. The Morgan fingerprint density at radius 3 is 2.28 bits per heavy atom. The van der Waals surface area contributed by atoms with Gasteiger partial charge in [-0.25, -0.2) is 5.43 Å². The second-order valence-corrected chi connectivity index (χ2v) is 3.73. The molecule has 0 atom stereocenters. The molecule has 0 radical (unpaired) electrons. The van der Waals surface area contributed by atoms with Crippen molar-refractivity contribution in [2.45, 2.75) is 6.92 Å². The summed E-state index contributed by atoms with van der Waals surface area (Å²) in [6.07, 6.45) is 3.39. The molecule has 1 amide bonds. The Hall–Kier alpha value is -2.49. The van der Waals surface area contributed by atoms with Gasteiger partial charge in [-0.1, -0.05) is 30.3 Å². The fourth-order valence-electron chi connectivity index (χ4n) is 1.54. The van der Waals surface area contributed by atoms with Gasteiger partial charge < -0.3 is 0 Å². The van der Waals surface area contributed by atoms with Crippen molar-refractivity contribution >= 4 is 11.6 Å². The highest BCUT2D eigenvalue weighted by molar-refractivity contribution is 6.13. The van der Waals surface area contributed by atoms with E-state index in [-0.39, 0.29) is 5.91 Å². The molecule has 1 aromatic carbocycles. The Bertz CT molecular complexity index is 508. The quantitative estimate of drug-likeness (QED) is 0.657. The molecule has 1 heterocycles. The first kappa shape index (κ1) is 12.0. The SMILES string of the molecule is CC(=O)NN=C(c1ccccc1)c1ccncc1. The number of aromatic nitrogens is 1. The van der Waals surface area contributed by atoms with Gasteiger partial charge in [-0.3, -0.25) is 9.78 Å². The molecule has 0 saturated heterocycles. The summed E-state index contributed by atoms with van der Waals surface area (Å²) < 4.78 is 0. The van der Waals surface area contributed by atoms with Crippen molar-refractivity contribution < 1.29 is 4.79 Å². The van der Waals surface area contributed by atoms with Crippen molar-refractivity contribution in [2.24, 2.45) is 5.10 Å². The number of amides is 1. The Labute approximate surface area is 105 Å². The number of hydrogen-bond donors (Lipinski definition) is 1. The van der Waals surface area contributed by atoms with Crippen LogP contribution in [0.1, 0.15) is 18.1 Å². The standard InChI is InChI=1S/C14H13N3O/c1-11(18)16-17-14(12-5-3-2-4-6-12)13-7-9-15-10-8-13/h2-10H,1H3,(H,16,18). The smallest absolute Gasteiger partial charge is 0.236 e. The summed E-state index contributed by atoms with van der Waals surface area (Å²) in [6.45, 7) is 1.43. The van der Waals surface area contributed by atoms with Gasteiger partial charge in [-0.2, -0.15) is 5.10 Å². The minimum absolute atomic E-state index is 0.197. The monoisotopic (exact) mass is 239 g/mol. The number of carbonyl (C=O) groups is 1. The maximum Gasteiger partial charge on any atom is 0.236 e. The summed E-state index contributed by atoms with van der Waals surface area (Å²) in [4.78, 5) is 15.0. The Balaban J connectivity index is 2.42. The average molecular weight is 239 g/mol. The molecule has 0 saturated carbocycles. The lowest BCUT2D eigenvalue weighted by molar-refractivity contribution is -0.118. The average Bonchev–Trinajstić information content (AvgIpc) is 2.41. The fraction of sp³-hybridized carbons (Fsp3) is 0.0714. The maximum atomic E-state index is 11.0. The van der Waals surface area contributed by atoms with E-state index in [0.29, 0.717) is 5.71 Å². The summed E-state index contributed by atoms with van der Waals surface area (Å²) in [5.41, 5.74) is 5.04. The third-order valence-corrected chi connectivity index (χ3v) is 2.33. The zero-order chi connectivity index (χ0) is 12.8. The van der Waals surface area contributed by atoms with E-state index in [1.807, 2.05) is 42.5 Å². The molecule has 0 spiro atoms. The van der Waals surface area contributed by atoms with Gasteiger partial charge in [0.2, 0.25) is 5.91 Å². The normalized spacial score (nSPS) is 11.1. The van der Waals surface area contributed by atoms with Crippen LogP contribution in [0.4, 0.5) is 0 Å². The first-order chi connectivity index (χ1) is 8.77. The van der Waals surface area contributed by atoms with Crippen LogP contribution >= 0.6 is 0 Å². The van der Waals surface area contributed by atoms with Crippen molar-refractivity contribution in [3.05, 3.63) is 66.0 Å². The number of nitrogens with zero attached hydrogens (tertiary/aromatic N) is 2. The molecule has 2 rings (SSSR count). The third-order valence-electron chi connectivity index (χ3n) is 2.33. The van der Waals surface area contributed by atoms with Crippen LogP contribution in [0, 0.1) is 0 Å². The molecule has 0 aliphatic heterocycles. The van der Waals surface area contributed by atoms with E-state index in [0.717, 1.165) is 11.1 Å². The van der Waals surface area contributed by atoms with Crippen molar-refractivity contribution in [2.75, 3.05) is 0 Å².